The fourth-order valence-corrected chi connectivity index (χ4v) is 7.52. The molecule has 54 heavy (non-hydrogen) atoms. The first kappa shape index (κ1) is 38.5. The van der Waals surface area contributed by atoms with Crippen molar-refractivity contribution in [2.24, 2.45) is 23.2 Å². The van der Waals surface area contributed by atoms with E-state index >= 15 is 0 Å². The van der Waals surface area contributed by atoms with Crippen molar-refractivity contribution >= 4 is 52.9 Å². The van der Waals surface area contributed by atoms with E-state index in [-0.39, 0.29) is 34.8 Å². The quantitative estimate of drug-likeness (QED) is 0.131. The summed E-state index contributed by atoms with van der Waals surface area (Å²) in [5, 5.41) is 23.7. The molecule has 18 heteroatoms. The Morgan fingerprint density at radius 2 is 1.63 bits per heavy atom. The molecule has 4 saturated carbocycles. The van der Waals surface area contributed by atoms with Gasteiger partial charge >= 0.3 is 30.0 Å². The van der Waals surface area contributed by atoms with Crippen molar-refractivity contribution in [2.45, 2.75) is 70.3 Å². The first-order chi connectivity index (χ1) is 25.4. The van der Waals surface area contributed by atoms with E-state index < -0.39 is 60.6 Å². The lowest BCUT2D eigenvalue weighted by molar-refractivity contribution is -0.154. The first-order valence-electron chi connectivity index (χ1n) is 17.4. The molecule has 5 atom stereocenters. The van der Waals surface area contributed by atoms with Gasteiger partial charge in [-0.15, -0.1) is 0 Å². The lowest BCUT2D eigenvalue weighted by atomic mass is 9.45. The van der Waals surface area contributed by atoms with Gasteiger partial charge in [0.2, 0.25) is 11.9 Å². The van der Waals surface area contributed by atoms with E-state index in [2.05, 4.69) is 62.3 Å². The van der Waals surface area contributed by atoms with Gasteiger partial charge in [-0.1, -0.05) is 44.5 Å². The zero-order valence-corrected chi connectivity index (χ0v) is 30.3. The maximum absolute atomic E-state index is 13.0. The topological polar surface area (TPSA) is 197 Å². The van der Waals surface area contributed by atoms with Gasteiger partial charge in [-0.25, -0.2) is 4.79 Å². The number of nitrogens with zero attached hydrogens (tertiary/aromatic N) is 3. The average molecular weight is 773 g/mol. The predicted octanol–water partition coefficient (Wildman–Crippen LogP) is 4.80. The van der Waals surface area contributed by atoms with E-state index in [9.17, 15) is 37.5 Å². The maximum atomic E-state index is 13.0. The van der Waals surface area contributed by atoms with Crippen LogP contribution in [0.4, 0.5) is 30.8 Å². The highest BCUT2D eigenvalue weighted by atomic mass is 35.5. The Morgan fingerprint density at radius 3 is 2.22 bits per heavy atom. The monoisotopic (exact) mass is 772 g/mol. The van der Waals surface area contributed by atoms with Gasteiger partial charge in [-0.3, -0.25) is 14.4 Å². The van der Waals surface area contributed by atoms with E-state index in [0.29, 0.717) is 35.4 Å². The predicted molar refractivity (Wildman–Crippen MR) is 190 cm³/mol. The minimum absolute atomic E-state index is 0.0403. The van der Waals surface area contributed by atoms with Gasteiger partial charge in [0.1, 0.15) is 6.04 Å². The van der Waals surface area contributed by atoms with Crippen LogP contribution in [-0.2, 0) is 19.9 Å². The second kappa shape index (κ2) is 14.9. The van der Waals surface area contributed by atoms with Crippen LogP contribution in [0, 0.1) is 23.2 Å². The van der Waals surface area contributed by atoms with Crippen LogP contribution in [-0.4, -0.2) is 75.2 Å². The summed E-state index contributed by atoms with van der Waals surface area (Å²) in [7, 11) is 0. The van der Waals surface area contributed by atoms with Gasteiger partial charge in [0.15, 0.2) is 6.61 Å². The number of aliphatic carboxylic acids is 1. The van der Waals surface area contributed by atoms with Gasteiger partial charge in [0.25, 0.3) is 5.91 Å². The van der Waals surface area contributed by atoms with Crippen molar-refractivity contribution < 1.29 is 42.2 Å². The molecule has 2 bridgehead atoms. The second-order valence-electron chi connectivity index (χ2n) is 14.7. The molecule has 0 radical (unpaired) electrons. The van der Waals surface area contributed by atoms with Crippen LogP contribution in [0.5, 0.6) is 6.01 Å². The molecule has 4 aliphatic carbocycles. The molecule has 14 nitrogen and oxygen atoms in total. The van der Waals surface area contributed by atoms with E-state index in [1.807, 2.05) is 12.1 Å². The molecular formula is C36H40ClF3N8O6. The molecule has 0 unspecified atom stereocenters. The molecule has 1 heterocycles. The van der Waals surface area contributed by atoms with Crippen LogP contribution in [0.15, 0.2) is 48.5 Å². The van der Waals surface area contributed by atoms with E-state index in [1.165, 1.54) is 24.3 Å². The largest absolute Gasteiger partial charge is 0.480 e. The maximum Gasteiger partial charge on any atom is 0.422 e. The van der Waals surface area contributed by atoms with Crippen molar-refractivity contribution in [1.82, 2.24) is 30.9 Å². The van der Waals surface area contributed by atoms with Crippen molar-refractivity contribution in [3.05, 3.63) is 64.7 Å². The molecule has 0 saturated heterocycles. The van der Waals surface area contributed by atoms with Gasteiger partial charge in [-0.05, 0) is 90.8 Å². The molecule has 3 amide bonds. The third kappa shape index (κ3) is 8.77. The number of nitrogens with one attached hydrogen (secondary N) is 5. The number of anilines is 3. The van der Waals surface area contributed by atoms with Gasteiger partial charge in [0, 0.05) is 28.9 Å². The number of benzene rings is 2. The first-order valence-corrected chi connectivity index (χ1v) is 17.8. The smallest absolute Gasteiger partial charge is 0.422 e. The van der Waals surface area contributed by atoms with Crippen LogP contribution in [0.3, 0.4) is 0 Å². The fraction of sp³-hybridized carbons (Fsp3) is 0.472. The van der Waals surface area contributed by atoms with Crippen LogP contribution in [0.2, 0.25) is 5.02 Å². The molecule has 2 aromatic carbocycles. The summed E-state index contributed by atoms with van der Waals surface area (Å²) in [5.74, 6) is -3.18. The second-order valence-corrected chi connectivity index (χ2v) is 15.1. The molecule has 6 N–H and O–H groups in total. The van der Waals surface area contributed by atoms with Crippen molar-refractivity contribution in [1.29, 1.82) is 0 Å². The Bertz CT molecular complexity index is 1910. The number of amides is 3. The molecular weight excluding hydrogens is 733 g/mol. The Labute approximate surface area is 313 Å². The number of alkyl halides is 3. The summed E-state index contributed by atoms with van der Waals surface area (Å²) in [5.41, 5.74) is 0.896. The molecule has 4 aliphatic rings. The highest BCUT2D eigenvalue weighted by Gasteiger charge is 2.56. The van der Waals surface area contributed by atoms with Crippen molar-refractivity contribution in [3.8, 4) is 6.01 Å². The number of aromatic nitrogens is 3. The third-order valence-corrected chi connectivity index (χ3v) is 11.1. The normalized spacial score (nSPS) is 22.4. The van der Waals surface area contributed by atoms with Crippen LogP contribution < -0.4 is 31.3 Å². The summed E-state index contributed by atoms with van der Waals surface area (Å²) in [6.07, 6.45) is -1.37. The summed E-state index contributed by atoms with van der Waals surface area (Å²) in [6.45, 7) is 4.33. The SMILES string of the molecule is C[C@@H]1[C@H]2C[C@H](C[C@H]1NC(=O)C(=O)NC[C@H](NC(=O)c1ccc(Nc3nc(NC4(c5ccc(Cl)cc5)CC4)nc(OCC(F)(F)F)n3)cc1)C(=O)O)C2(C)C. The van der Waals surface area contributed by atoms with Gasteiger partial charge in [0.05, 0.1) is 5.54 Å². The minimum atomic E-state index is -4.64. The molecule has 3 aromatic rings. The zero-order chi connectivity index (χ0) is 39.0. The lowest BCUT2D eigenvalue weighted by Gasteiger charge is -2.62. The Morgan fingerprint density at radius 1 is 0.963 bits per heavy atom. The lowest BCUT2D eigenvalue weighted by Crippen LogP contribution is -2.61. The van der Waals surface area contributed by atoms with Crippen LogP contribution >= 0.6 is 11.6 Å². The van der Waals surface area contributed by atoms with Gasteiger partial charge < -0.3 is 36.4 Å². The minimum Gasteiger partial charge on any atom is -0.480 e. The van der Waals surface area contributed by atoms with Crippen LogP contribution in [0.25, 0.3) is 0 Å². The highest BCUT2D eigenvalue weighted by Crippen LogP contribution is 2.61. The molecule has 0 aliphatic heterocycles. The molecule has 1 aromatic heterocycles. The van der Waals surface area contributed by atoms with E-state index in [4.69, 9.17) is 16.3 Å². The molecule has 4 fully saturated rings. The molecule has 7 rings (SSSR count). The summed E-state index contributed by atoms with van der Waals surface area (Å²) >= 11 is 6.02. The van der Waals surface area contributed by atoms with Gasteiger partial charge in [-0.2, -0.15) is 28.1 Å². The van der Waals surface area contributed by atoms with E-state index in [0.717, 1.165) is 18.4 Å². The van der Waals surface area contributed by atoms with E-state index in [1.54, 1.807) is 12.1 Å². The molecule has 0 spiro atoms. The van der Waals surface area contributed by atoms with Crippen LogP contribution in [0.1, 0.15) is 62.4 Å². The summed E-state index contributed by atoms with van der Waals surface area (Å²) < 4.78 is 43.7. The van der Waals surface area contributed by atoms with Crippen molar-refractivity contribution in [2.75, 3.05) is 23.8 Å². The highest BCUT2D eigenvalue weighted by molar-refractivity contribution is 6.35. The number of carboxylic acids is 1. The van der Waals surface area contributed by atoms with Crippen molar-refractivity contribution in [3.63, 3.8) is 0 Å². The number of carbonyl (C=O) groups is 4. The number of ether oxygens (including phenoxy) is 1. The number of carboxylic acid groups (broad SMARTS) is 1. The Hall–Kier alpha value is -5.19. The zero-order valence-electron chi connectivity index (χ0n) is 29.6. The number of hydrogen-bond donors (Lipinski definition) is 6. The number of halogens is 4. The Balaban J connectivity index is 1.06. The standard InChI is InChI=1S/C36H40ClF3N8O6/c1-18-24-14-21(34(24,2)3)15-25(18)43-29(51)28(50)41-16-26(30(52)53)44-27(49)19-4-10-23(11-5-19)42-31-45-32(47-33(46-31)54-17-36(38,39)40)48-35(12-13-35)20-6-8-22(37)9-7-20/h4-11,18,21,24-26H,12-17H2,1-3H3,(H,41,50)(H,43,51)(H,44,49)(H,52,53)(H2,42,45,46,47,48)/t18-,21-,24-,25-,26+/m1/s1. The average Bonchev–Trinajstić information content (AvgIpc) is 3.89. The fourth-order valence-electron chi connectivity index (χ4n) is 7.40. The summed E-state index contributed by atoms with van der Waals surface area (Å²) in [4.78, 5) is 62.4. The number of fused-ring (bicyclic) bond motifs is 2. The molecule has 288 valence electrons. The number of hydrogen-bond acceptors (Lipinski definition) is 10. The number of rotatable bonds is 13. The summed E-state index contributed by atoms with van der Waals surface area (Å²) in [6, 6.07) is 10.4. The Kier molecular flexibility index (Phi) is 10.6. The number of carbonyl (C=O) groups excluding carboxylic acids is 3. The third-order valence-electron chi connectivity index (χ3n) is 10.8.